The molecule has 2 aromatic rings. The third kappa shape index (κ3) is 3.66. The fraction of sp³-hybridized carbons (Fsp3) is 0.267. The highest BCUT2D eigenvalue weighted by molar-refractivity contribution is 8.01. The second-order valence-corrected chi connectivity index (χ2v) is 6.96. The molecule has 1 aromatic heterocycles. The number of rotatable bonds is 4. The van der Waals surface area contributed by atoms with Gasteiger partial charge in [0.25, 0.3) is 0 Å². The predicted octanol–water partition coefficient (Wildman–Crippen LogP) is 2.77. The van der Waals surface area contributed by atoms with Gasteiger partial charge in [-0.05, 0) is 24.5 Å². The molecular weight excluding hydrogens is 318 g/mol. The van der Waals surface area contributed by atoms with Crippen molar-refractivity contribution in [3.8, 4) is 0 Å². The van der Waals surface area contributed by atoms with E-state index in [9.17, 15) is 9.59 Å². The van der Waals surface area contributed by atoms with Crippen LogP contribution in [0, 0.1) is 0 Å². The number of carbonyl (C=O) groups excluding carboxylic acids is 2. The molecule has 0 saturated carbocycles. The Morgan fingerprint density at radius 1 is 1.45 bits per heavy atom. The van der Waals surface area contributed by atoms with Crippen LogP contribution in [0.1, 0.15) is 12.0 Å². The van der Waals surface area contributed by atoms with E-state index in [0.717, 1.165) is 24.1 Å². The van der Waals surface area contributed by atoms with Crippen LogP contribution in [0.5, 0.6) is 0 Å². The zero-order valence-electron chi connectivity index (χ0n) is 11.7. The maximum absolute atomic E-state index is 12.2. The first kappa shape index (κ1) is 15.1. The van der Waals surface area contributed by atoms with Gasteiger partial charge in [0, 0.05) is 17.3 Å². The Kier molecular flexibility index (Phi) is 4.74. The minimum atomic E-state index is -0.213. The number of thiazole rings is 1. The summed E-state index contributed by atoms with van der Waals surface area (Å²) in [7, 11) is 0. The van der Waals surface area contributed by atoms with Gasteiger partial charge in [-0.3, -0.25) is 9.59 Å². The summed E-state index contributed by atoms with van der Waals surface area (Å²) in [6.07, 6.45) is 3.21. The van der Waals surface area contributed by atoms with Crippen LogP contribution in [0.15, 0.2) is 35.8 Å². The number of anilines is 2. The van der Waals surface area contributed by atoms with Crippen molar-refractivity contribution in [2.45, 2.75) is 18.1 Å². The van der Waals surface area contributed by atoms with Crippen LogP contribution >= 0.6 is 23.1 Å². The van der Waals surface area contributed by atoms with Gasteiger partial charge in [0.2, 0.25) is 11.8 Å². The van der Waals surface area contributed by atoms with Crippen LogP contribution < -0.4 is 10.6 Å². The third-order valence-electron chi connectivity index (χ3n) is 3.34. The van der Waals surface area contributed by atoms with Crippen molar-refractivity contribution in [1.29, 1.82) is 0 Å². The second kappa shape index (κ2) is 6.93. The van der Waals surface area contributed by atoms with Gasteiger partial charge in [-0.2, -0.15) is 0 Å². The molecule has 0 aliphatic carbocycles. The molecule has 0 radical (unpaired) electrons. The minimum absolute atomic E-state index is 0.0306. The monoisotopic (exact) mass is 333 g/mol. The first-order chi connectivity index (χ1) is 10.7. The Labute approximate surface area is 136 Å². The molecule has 3 rings (SSSR count). The van der Waals surface area contributed by atoms with Crippen LogP contribution in [0.25, 0.3) is 0 Å². The Balaban J connectivity index is 1.55. The quantitative estimate of drug-likeness (QED) is 0.902. The lowest BCUT2D eigenvalue weighted by molar-refractivity contribution is -0.115. The first-order valence-corrected chi connectivity index (χ1v) is 8.85. The van der Waals surface area contributed by atoms with Crippen molar-refractivity contribution >= 4 is 45.7 Å². The molecule has 1 aliphatic heterocycles. The van der Waals surface area contributed by atoms with Crippen LogP contribution in [-0.2, 0) is 16.0 Å². The number of thioether (sulfide) groups is 1. The standard InChI is InChI=1S/C15H15N3O2S2/c19-13(18-15-16-7-8-21-15)9-22-12-6-5-10-3-1-2-4-11(10)17-14(12)20/h1-4,7-8,12H,5-6,9H2,(H,17,20)(H,16,18,19)/t12-/m0/s1. The van der Waals surface area contributed by atoms with E-state index in [-0.39, 0.29) is 22.8 Å². The smallest absolute Gasteiger partial charge is 0.237 e. The average molecular weight is 333 g/mol. The number of fused-ring (bicyclic) bond motifs is 1. The highest BCUT2D eigenvalue weighted by atomic mass is 32.2. The number of amides is 2. The second-order valence-electron chi connectivity index (χ2n) is 4.87. The summed E-state index contributed by atoms with van der Waals surface area (Å²) < 4.78 is 0. The van der Waals surface area contributed by atoms with Crippen molar-refractivity contribution in [1.82, 2.24) is 4.98 Å². The van der Waals surface area contributed by atoms with Crippen LogP contribution in [-0.4, -0.2) is 27.8 Å². The molecule has 0 spiro atoms. The molecule has 0 saturated heterocycles. The van der Waals surface area contributed by atoms with E-state index < -0.39 is 0 Å². The maximum Gasteiger partial charge on any atom is 0.237 e. The fourth-order valence-corrected chi connectivity index (χ4v) is 3.73. The third-order valence-corrected chi connectivity index (χ3v) is 5.31. The molecule has 0 fully saturated rings. The first-order valence-electron chi connectivity index (χ1n) is 6.92. The number of aryl methyl sites for hydroxylation is 1. The number of para-hydroxylation sites is 1. The number of nitrogens with one attached hydrogen (secondary N) is 2. The zero-order chi connectivity index (χ0) is 15.4. The molecule has 0 bridgehead atoms. The van der Waals surface area contributed by atoms with Gasteiger partial charge in [0.05, 0.1) is 11.0 Å². The van der Waals surface area contributed by atoms with Crippen molar-refractivity contribution in [3.05, 3.63) is 41.4 Å². The SMILES string of the molecule is O=C(CS[C@H]1CCc2ccccc2NC1=O)Nc1nccs1. The molecule has 5 nitrogen and oxygen atoms in total. The summed E-state index contributed by atoms with van der Waals surface area (Å²) in [5.41, 5.74) is 2.02. The molecule has 1 atom stereocenters. The van der Waals surface area contributed by atoms with Gasteiger partial charge < -0.3 is 10.6 Å². The van der Waals surface area contributed by atoms with E-state index in [1.807, 2.05) is 24.3 Å². The largest absolute Gasteiger partial charge is 0.325 e. The van der Waals surface area contributed by atoms with E-state index in [1.165, 1.54) is 23.1 Å². The Morgan fingerprint density at radius 3 is 3.14 bits per heavy atom. The van der Waals surface area contributed by atoms with E-state index in [4.69, 9.17) is 0 Å². The lowest BCUT2D eigenvalue weighted by Crippen LogP contribution is -2.26. The van der Waals surface area contributed by atoms with Crippen LogP contribution in [0.3, 0.4) is 0 Å². The molecular formula is C15H15N3O2S2. The van der Waals surface area contributed by atoms with E-state index in [1.54, 1.807) is 11.6 Å². The fourth-order valence-electron chi connectivity index (χ4n) is 2.27. The van der Waals surface area contributed by atoms with Gasteiger partial charge >= 0.3 is 0 Å². The molecule has 1 aromatic carbocycles. The summed E-state index contributed by atoms with van der Waals surface area (Å²) in [4.78, 5) is 28.1. The van der Waals surface area contributed by atoms with Crippen molar-refractivity contribution in [2.75, 3.05) is 16.4 Å². The number of aromatic nitrogens is 1. The molecule has 1 aliphatic rings. The summed E-state index contributed by atoms with van der Waals surface area (Å²) in [5, 5.41) is 7.84. The number of carbonyl (C=O) groups is 2. The van der Waals surface area contributed by atoms with Crippen molar-refractivity contribution < 1.29 is 9.59 Å². The Bertz CT molecular complexity index is 673. The average Bonchev–Trinajstić information content (AvgIpc) is 2.95. The molecule has 2 N–H and O–H groups in total. The highest BCUT2D eigenvalue weighted by Crippen LogP contribution is 2.27. The van der Waals surface area contributed by atoms with E-state index in [0.29, 0.717) is 5.13 Å². The molecule has 2 amide bonds. The van der Waals surface area contributed by atoms with Crippen LogP contribution in [0.4, 0.5) is 10.8 Å². The number of nitrogens with zero attached hydrogens (tertiary/aromatic N) is 1. The van der Waals surface area contributed by atoms with Gasteiger partial charge in [-0.15, -0.1) is 23.1 Å². The zero-order valence-corrected chi connectivity index (χ0v) is 13.4. The molecule has 2 heterocycles. The lowest BCUT2D eigenvalue weighted by atomic mass is 10.1. The number of hydrogen-bond donors (Lipinski definition) is 2. The minimum Gasteiger partial charge on any atom is -0.325 e. The van der Waals surface area contributed by atoms with E-state index in [2.05, 4.69) is 15.6 Å². The normalized spacial score (nSPS) is 17.3. The molecule has 114 valence electrons. The number of hydrogen-bond acceptors (Lipinski definition) is 5. The molecule has 22 heavy (non-hydrogen) atoms. The summed E-state index contributed by atoms with van der Waals surface area (Å²) >= 11 is 2.75. The summed E-state index contributed by atoms with van der Waals surface area (Å²) in [6, 6.07) is 7.82. The lowest BCUT2D eigenvalue weighted by Gasteiger charge is -2.12. The van der Waals surface area contributed by atoms with Gasteiger partial charge in [-0.25, -0.2) is 4.98 Å². The van der Waals surface area contributed by atoms with Gasteiger partial charge in [-0.1, -0.05) is 18.2 Å². The van der Waals surface area contributed by atoms with Gasteiger partial charge in [0.15, 0.2) is 5.13 Å². The Hall–Kier alpha value is -1.86. The predicted molar refractivity (Wildman–Crippen MR) is 90.4 cm³/mol. The molecule has 7 heteroatoms. The summed E-state index contributed by atoms with van der Waals surface area (Å²) in [6.45, 7) is 0. The van der Waals surface area contributed by atoms with Crippen LogP contribution in [0.2, 0.25) is 0 Å². The summed E-state index contributed by atoms with van der Waals surface area (Å²) in [5.74, 6) is 0.0834. The number of benzene rings is 1. The molecule has 0 unspecified atom stereocenters. The van der Waals surface area contributed by atoms with Crippen molar-refractivity contribution in [2.24, 2.45) is 0 Å². The topological polar surface area (TPSA) is 71.1 Å². The Morgan fingerprint density at radius 2 is 2.32 bits per heavy atom. The van der Waals surface area contributed by atoms with Gasteiger partial charge in [0.1, 0.15) is 0 Å². The highest BCUT2D eigenvalue weighted by Gasteiger charge is 2.24. The maximum atomic E-state index is 12.2. The van der Waals surface area contributed by atoms with E-state index >= 15 is 0 Å². The van der Waals surface area contributed by atoms with Crippen molar-refractivity contribution in [3.63, 3.8) is 0 Å².